The molecule has 0 fully saturated rings. The van der Waals surface area contributed by atoms with Crippen LogP contribution in [0.2, 0.25) is 5.02 Å². The van der Waals surface area contributed by atoms with Gasteiger partial charge in [0.25, 0.3) is 10.0 Å². The summed E-state index contributed by atoms with van der Waals surface area (Å²) in [5.74, 6) is -2.67. The Labute approximate surface area is 162 Å². The predicted molar refractivity (Wildman–Crippen MR) is 95.6 cm³/mol. The monoisotopic (exact) mass is 432 g/mol. The van der Waals surface area contributed by atoms with Gasteiger partial charge in [0.05, 0.1) is 16.9 Å². The molecule has 2 aromatic carbocycles. The normalized spacial score (nSPS) is 12.6. The zero-order valence-electron chi connectivity index (χ0n) is 13.8. The first-order valence-electron chi connectivity index (χ1n) is 7.56. The number of benzene rings is 2. The van der Waals surface area contributed by atoms with Crippen molar-refractivity contribution in [1.82, 2.24) is 4.98 Å². The molecule has 12 heteroatoms. The molecule has 0 aliphatic rings. The van der Waals surface area contributed by atoms with Gasteiger partial charge in [-0.05, 0) is 30.3 Å². The highest BCUT2D eigenvalue weighted by Crippen LogP contribution is 2.31. The zero-order valence-corrected chi connectivity index (χ0v) is 15.4. The number of hydrogen-bond acceptors (Lipinski definition) is 6. The van der Waals surface area contributed by atoms with Gasteiger partial charge in [-0.2, -0.15) is 0 Å². The molecule has 148 valence electrons. The Hall–Kier alpha value is -2.76. The maximum absolute atomic E-state index is 14.4. The fourth-order valence-electron chi connectivity index (χ4n) is 2.29. The van der Waals surface area contributed by atoms with Gasteiger partial charge in [0.15, 0.2) is 0 Å². The van der Waals surface area contributed by atoms with Gasteiger partial charge in [-0.3, -0.25) is 0 Å². The van der Waals surface area contributed by atoms with Gasteiger partial charge in [0.2, 0.25) is 0 Å². The number of oxazole rings is 1. The molecule has 1 aromatic heterocycles. The van der Waals surface area contributed by atoms with Crippen molar-refractivity contribution < 1.29 is 26.0 Å². The Morgan fingerprint density at radius 3 is 2.57 bits per heavy atom. The first kappa shape index (κ1) is 20.0. The Morgan fingerprint density at radius 2 is 1.89 bits per heavy atom. The van der Waals surface area contributed by atoms with E-state index < -0.39 is 38.5 Å². The molecule has 0 saturated heterocycles. The lowest BCUT2D eigenvalue weighted by Crippen LogP contribution is -2.22. The Balaban J connectivity index is 1.88. The maximum atomic E-state index is 14.4. The number of sulfonamides is 1. The number of halogens is 4. The molecule has 0 amide bonds. The number of anilines is 2. The number of hydrogen-bond donors (Lipinski definition) is 3. The summed E-state index contributed by atoms with van der Waals surface area (Å²) in [4.78, 5) is 2.81. The van der Waals surface area contributed by atoms with Crippen molar-refractivity contribution in [1.29, 1.82) is 0 Å². The minimum absolute atomic E-state index is 0.120. The van der Waals surface area contributed by atoms with Crippen LogP contribution in [0.15, 0.2) is 52.1 Å². The molecule has 0 spiro atoms. The summed E-state index contributed by atoms with van der Waals surface area (Å²) < 4.78 is 72.7. The van der Waals surface area contributed by atoms with Crippen molar-refractivity contribution in [2.24, 2.45) is 5.73 Å². The average molecular weight is 433 g/mol. The number of nitrogens with zero attached hydrogens (tertiary/aromatic N) is 1. The SMILES string of the molecule is N[C@H](Nc1cc(F)c(S(=O)(=O)Nc2ncco2)cc1Cl)c1cc(F)ccc1F. The standard InChI is InChI=1S/C16H12ClF3N4O3S/c17-10-6-14(28(25,26)24-16-22-3-4-27-16)12(20)7-13(10)23-15(21)9-5-8(18)1-2-11(9)19/h1-7,15,23H,21H2,(H,22,24)/t15-/m1/s1. The highest BCUT2D eigenvalue weighted by molar-refractivity contribution is 7.92. The molecular formula is C16H12ClF3N4O3S. The molecule has 0 saturated carbocycles. The fraction of sp³-hybridized carbons (Fsp3) is 0.0625. The van der Waals surface area contributed by atoms with Crippen LogP contribution in [0.1, 0.15) is 11.7 Å². The van der Waals surface area contributed by atoms with Gasteiger partial charge in [0.1, 0.15) is 34.8 Å². The largest absolute Gasteiger partial charge is 0.432 e. The molecule has 0 unspecified atom stereocenters. The van der Waals surface area contributed by atoms with Crippen LogP contribution in [0.25, 0.3) is 0 Å². The van der Waals surface area contributed by atoms with Gasteiger partial charge >= 0.3 is 6.01 Å². The highest BCUT2D eigenvalue weighted by atomic mass is 35.5. The zero-order chi connectivity index (χ0) is 20.5. The van der Waals surface area contributed by atoms with E-state index in [1.54, 1.807) is 0 Å². The van der Waals surface area contributed by atoms with E-state index in [-0.39, 0.29) is 22.3 Å². The first-order valence-corrected chi connectivity index (χ1v) is 9.42. The van der Waals surface area contributed by atoms with Crippen LogP contribution >= 0.6 is 11.6 Å². The van der Waals surface area contributed by atoms with Crippen molar-refractivity contribution in [3.8, 4) is 0 Å². The maximum Gasteiger partial charge on any atom is 0.308 e. The lowest BCUT2D eigenvalue weighted by molar-refractivity contribution is 0.559. The third kappa shape index (κ3) is 4.21. The molecule has 3 aromatic rings. The summed E-state index contributed by atoms with van der Waals surface area (Å²) in [6, 6.07) is 3.91. The van der Waals surface area contributed by atoms with Crippen LogP contribution in [0.5, 0.6) is 0 Å². The van der Waals surface area contributed by atoms with Crippen LogP contribution in [-0.2, 0) is 10.0 Å². The molecule has 0 aliphatic carbocycles. The van der Waals surface area contributed by atoms with Crippen LogP contribution in [0, 0.1) is 17.5 Å². The number of nitrogens with one attached hydrogen (secondary N) is 2. The van der Waals surface area contributed by atoms with Gasteiger partial charge in [-0.25, -0.2) is 31.3 Å². The molecule has 0 radical (unpaired) electrons. The van der Waals surface area contributed by atoms with E-state index in [1.165, 1.54) is 6.20 Å². The van der Waals surface area contributed by atoms with Gasteiger partial charge in [-0.1, -0.05) is 11.6 Å². The second-order valence-corrected chi connectivity index (χ2v) is 7.55. The van der Waals surface area contributed by atoms with Crippen LogP contribution in [0.3, 0.4) is 0 Å². The molecule has 28 heavy (non-hydrogen) atoms. The topological polar surface area (TPSA) is 110 Å². The Morgan fingerprint density at radius 1 is 1.14 bits per heavy atom. The minimum Gasteiger partial charge on any atom is -0.432 e. The minimum atomic E-state index is -4.38. The third-order valence-corrected chi connectivity index (χ3v) is 5.22. The van der Waals surface area contributed by atoms with E-state index in [0.717, 1.165) is 36.6 Å². The summed E-state index contributed by atoms with van der Waals surface area (Å²) in [5, 5.41) is 2.29. The molecule has 4 N–H and O–H groups in total. The lowest BCUT2D eigenvalue weighted by Gasteiger charge is -2.18. The first-order chi connectivity index (χ1) is 13.2. The Kier molecular flexibility index (Phi) is 5.49. The fourth-order valence-corrected chi connectivity index (χ4v) is 3.60. The van der Waals surface area contributed by atoms with E-state index in [9.17, 15) is 21.6 Å². The second kappa shape index (κ2) is 7.70. The summed E-state index contributed by atoms with van der Waals surface area (Å²) in [5.41, 5.74) is 5.44. The molecule has 0 aliphatic heterocycles. The van der Waals surface area contributed by atoms with Crippen molar-refractivity contribution in [2.75, 3.05) is 10.0 Å². The molecule has 1 atom stereocenters. The Bertz CT molecular complexity index is 1110. The van der Waals surface area contributed by atoms with Gasteiger partial charge in [-0.15, -0.1) is 0 Å². The molecule has 0 bridgehead atoms. The summed E-state index contributed by atoms with van der Waals surface area (Å²) in [6.45, 7) is 0. The van der Waals surface area contributed by atoms with Crippen molar-refractivity contribution in [3.05, 3.63) is 70.8 Å². The average Bonchev–Trinajstić information content (AvgIpc) is 3.11. The molecular weight excluding hydrogens is 421 g/mol. The highest BCUT2D eigenvalue weighted by Gasteiger charge is 2.24. The van der Waals surface area contributed by atoms with Crippen LogP contribution in [-0.4, -0.2) is 13.4 Å². The number of rotatable bonds is 6. The van der Waals surface area contributed by atoms with Crippen LogP contribution < -0.4 is 15.8 Å². The molecule has 1 heterocycles. The summed E-state index contributed by atoms with van der Waals surface area (Å²) >= 11 is 6.01. The third-order valence-electron chi connectivity index (χ3n) is 3.57. The number of aromatic nitrogens is 1. The van der Waals surface area contributed by atoms with E-state index in [1.807, 2.05) is 4.72 Å². The van der Waals surface area contributed by atoms with Gasteiger partial charge in [0, 0.05) is 5.56 Å². The van der Waals surface area contributed by atoms with Crippen LogP contribution in [0.4, 0.5) is 24.9 Å². The molecule has 7 nitrogen and oxygen atoms in total. The van der Waals surface area contributed by atoms with Crippen molar-refractivity contribution in [3.63, 3.8) is 0 Å². The van der Waals surface area contributed by atoms with Gasteiger partial charge < -0.3 is 15.5 Å². The smallest absolute Gasteiger partial charge is 0.308 e. The van der Waals surface area contributed by atoms with E-state index >= 15 is 0 Å². The van der Waals surface area contributed by atoms with Crippen molar-refractivity contribution >= 4 is 33.3 Å². The number of nitrogens with two attached hydrogens (primary N) is 1. The van der Waals surface area contributed by atoms with E-state index in [2.05, 4.69) is 10.3 Å². The quantitative estimate of drug-likeness (QED) is 0.513. The summed E-state index contributed by atoms with van der Waals surface area (Å²) in [6.07, 6.45) is 1.04. The van der Waals surface area contributed by atoms with E-state index in [4.69, 9.17) is 21.8 Å². The predicted octanol–water partition coefficient (Wildman–Crippen LogP) is 3.62. The molecule has 3 rings (SSSR count). The van der Waals surface area contributed by atoms with Crippen molar-refractivity contribution in [2.45, 2.75) is 11.1 Å². The van der Waals surface area contributed by atoms with E-state index in [0.29, 0.717) is 0 Å². The second-order valence-electron chi connectivity index (χ2n) is 5.49. The summed E-state index contributed by atoms with van der Waals surface area (Å²) in [7, 11) is -4.38. The lowest BCUT2D eigenvalue weighted by atomic mass is 10.1.